The van der Waals surface area contributed by atoms with Gasteiger partial charge in [0.05, 0.1) is 17.7 Å². The van der Waals surface area contributed by atoms with Gasteiger partial charge in [-0.25, -0.2) is 8.78 Å². The lowest BCUT2D eigenvalue weighted by atomic mass is 10.1. The van der Waals surface area contributed by atoms with Crippen LogP contribution >= 0.6 is 11.6 Å². The molecule has 0 aromatic heterocycles. The van der Waals surface area contributed by atoms with Gasteiger partial charge >= 0.3 is 0 Å². The molecule has 0 spiro atoms. The molecule has 0 aliphatic carbocycles. The molecule has 1 rings (SSSR count). The lowest BCUT2D eigenvalue weighted by molar-refractivity contribution is 0.111. The fourth-order valence-electron chi connectivity index (χ4n) is 1.73. The van der Waals surface area contributed by atoms with E-state index in [0.29, 0.717) is 19.8 Å². The van der Waals surface area contributed by atoms with Gasteiger partial charge in [0.25, 0.3) is 0 Å². The molecular weight excluding hydrogens is 272 g/mol. The molecule has 0 bridgehead atoms. The van der Waals surface area contributed by atoms with Crippen molar-refractivity contribution in [1.82, 2.24) is 5.32 Å². The maximum atomic E-state index is 13.9. The zero-order valence-corrected chi connectivity index (χ0v) is 12.1. The van der Waals surface area contributed by atoms with E-state index in [2.05, 4.69) is 5.32 Å². The molecule has 1 aromatic carbocycles. The maximum absolute atomic E-state index is 13.9. The summed E-state index contributed by atoms with van der Waals surface area (Å²) in [5.41, 5.74) is 0.256. The molecule has 0 aliphatic rings. The Kier molecular flexibility index (Phi) is 7.28. The monoisotopic (exact) mass is 291 g/mol. The minimum atomic E-state index is -0.614. The van der Waals surface area contributed by atoms with Crippen molar-refractivity contribution in [2.24, 2.45) is 0 Å². The lowest BCUT2D eigenvalue weighted by Crippen LogP contribution is -2.27. The van der Waals surface area contributed by atoms with Crippen LogP contribution < -0.4 is 5.32 Å². The minimum absolute atomic E-state index is 0.204. The Morgan fingerprint density at radius 1 is 1.21 bits per heavy atom. The summed E-state index contributed by atoms with van der Waals surface area (Å²) < 4.78 is 32.8. The largest absolute Gasteiger partial charge is 0.379 e. The molecular formula is C14H20ClF2NO. The van der Waals surface area contributed by atoms with Crippen LogP contribution in [0.1, 0.15) is 38.3 Å². The van der Waals surface area contributed by atoms with E-state index in [0.717, 1.165) is 25.0 Å². The highest BCUT2D eigenvalue weighted by Crippen LogP contribution is 2.24. The lowest BCUT2D eigenvalue weighted by Gasteiger charge is -2.20. The maximum Gasteiger partial charge on any atom is 0.142 e. The number of nitrogens with one attached hydrogen (secondary N) is 1. The van der Waals surface area contributed by atoms with Gasteiger partial charge in [0.15, 0.2) is 0 Å². The molecule has 19 heavy (non-hydrogen) atoms. The first-order valence-electron chi connectivity index (χ1n) is 6.55. The van der Waals surface area contributed by atoms with E-state index in [-0.39, 0.29) is 16.6 Å². The number of ether oxygens (including phenoxy) is 1. The molecule has 1 aromatic rings. The normalized spacial score (nSPS) is 12.7. The van der Waals surface area contributed by atoms with E-state index in [1.807, 2.05) is 13.8 Å². The fourth-order valence-corrected chi connectivity index (χ4v) is 1.88. The molecule has 0 saturated heterocycles. The molecule has 108 valence electrons. The summed E-state index contributed by atoms with van der Waals surface area (Å²) in [5.74, 6) is -1.13. The Labute approximate surface area is 118 Å². The summed E-state index contributed by atoms with van der Waals surface area (Å²) in [5, 5.41) is 2.95. The van der Waals surface area contributed by atoms with E-state index >= 15 is 0 Å². The summed E-state index contributed by atoms with van der Waals surface area (Å²) in [7, 11) is 0. The third-order valence-electron chi connectivity index (χ3n) is 2.69. The molecule has 0 fully saturated rings. The highest BCUT2D eigenvalue weighted by Gasteiger charge is 2.18. The van der Waals surface area contributed by atoms with Gasteiger partial charge < -0.3 is 10.1 Å². The highest BCUT2D eigenvalue weighted by atomic mass is 35.5. The van der Waals surface area contributed by atoms with E-state index in [1.165, 1.54) is 0 Å². The number of rotatable bonds is 8. The average Bonchev–Trinajstić information content (AvgIpc) is 2.38. The van der Waals surface area contributed by atoms with Gasteiger partial charge in [-0.05, 0) is 31.5 Å². The van der Waals surface area contributed by atoms with Gasteiger partial charge in [0.2, 0.25) is 0 Å². The summed E-state index contributed by atoms with van der Waals surface area (Å²) in [4.78, 5) is 0. The Balaban J connectivity index is 2.85. The van der Waals surface area contributed by atoms with Crippen molar-refractivity contribution in [3.63, 3.8) is 0 Å². The number of hydrogen-bond donors (Lipinski definition) is 1. The van der Waals surface area contributed by atoms with Crippen LogP contribution in [0.25, 0.3) is 0 Å². The second-order valence-corrected chi connectivity index (χ2v) is 4.78. The molecule has 2 nitrogen and oxygen atoms in total. The minimum Gasteiger partial charge on any atom is -0.379 e. The average molecular weight is 292 g/mol. The number of benzene rings is 1. The van der Waals surface area contributed by atoms with Crippen LogP contribution in [-0.4, -0.2) is 19.8 Å². The van der Waals surface area contributed by atoms with Gasteiger partial charge in [0, 0.05) is 12.2 Å². The van der Waals surface area contributed by atoms with Crippen molar-refractivity contribution in [2.75, 3.05) is 19.8 Å². The van der Waals surface area contributed by atoms with Crippen LogP contribution in [0.3, 0.4) is 0 Å². The smallest absolute Gasteiger partial charge is 0.142 e. The van der Waals surface area contributed by atoms with E-state index in [1.54, 1.807) is 0 Å². The van der Waals surface area contributed by atoms with Crippen molar-refractivity contribution in [2.45, 2.75) is 32.7 Å². The SMILES string of the molecule is CCCNC(COCCC)c1cc(F)c(Cl)cc1F. The molecule has 1 N–H and O–H groups in total. The van der Waals surface area contributed by atoms with Crippen molar-refractivity contribution < 1.29 is 13.5 Å². The summed E-state index contributed by atoms with van der Waals surface area (Å²) in [6.07, 6.45) is 1.79. The zero-order chi connectivity index (χ0) is 14.3. The Morgan fingerprint density at radius 2 is 1.95 bits per heavy atom. The summed E-state index contributed by atoms with van der Waals surface area (Å²) in [6, 6.07) is 1.78. The van der Waals surface area contributed by atoms with Crippen LogP contribution in [-0.2, 0) is 4.74 Å². The van der Waals surface area contributed by atoms with Gasteiger partial charge in [-0.2, -0.15) is 0 Å². The summed E-state index contributed by atoms with van der Waals surface area (Å²) >= 11 is 5.56. The molecule has 0 heterocycles. The molecule has 0 saturated carbocycles. The van der Waals surface area contributed by atoms with Crippen molar-refractivity contribution >= 4 is 11.6 Å². The second kappa shape index (κ2) is 8.46. The zero-order valence-electron chi connectivity index (χ0n) is 11.3. The van der Waals surface area contributed by atoms with Gasteiger partial charge in [-0.1, -0.05) is 25.4 Å². The van der Waals surface area contributed by atoms with E-state index in [4.69, 9.17) is 16.3 Å². The third kappa shape index (κ3) is 5.05. The van der Waals surface area contributed by atoms with Gasteiger partial charge in [-0.15, -0.1) is 0 Å². The van der Waals surface area contributed by atoms with Crippen molar-refractivity contribution in [3.05, 3.63) is 34.4 Å². The van der Waals surface area contributed by atoms with Crippen molar-refractivity contribution in [3.8, 4) is 0 Å². The number of halogens is 3. The molecule has 1 atom stereocenters. The predicted molar refractivity (Wildman–Crippen MR) is 73.5 cm³/mol. The first-order valence-corrected chi connectivity index (χ1v) is 6.93. The third-order valence-corrected chi connectivity index (χ3v) is 2.98. The van der Waals surface area contributed by atoms with E-state index < -0.39 is 11.6 Å². The second-order valence-electron chi connectivity index (χ2n) is 4.37. The Bertz CT molecular complexity index is 401. The van der Waals surface area contributed by atoms with Crippen LogP contribution in [0.2, 0.25) is 5.02 Å². The first-order chi connectivity index (χ1) is 9.10. The summed E-state index contributed by atoms with van der Waals surface area (Å²) in [6.45, 7) is 5.63. The molecule has 5 heteroatoms. The predicted octanol–water partition coefficient (Wildman–Crippen LogP) is 4.09. The van der Waals surface area contributed by atoms with Gasteiger partial charge in [0.1, 0.15) is 11.6 Å². The highest BCUT2D eigenvalue weighted by molar-refractivity contribution is 6.30. The van der Waals surface area contributed by atoms with Crippen LogP contribution in [0.5, 0.6) is 0 Å². The topological polar surface area (TPSA) is 21.3 Å². The van der Waals surface area contributed by atoms with Crippen LogP contribution in [0.4, 0.5) is 8.78 Å². The van der Waals surface area contributed by atoms with Crippen LogP contribution in [0, 0.1) is 11.6 Å². The van der Waals surface area contributed by atoms with Crippen LogP contribution in [0.15, 0.2) is 12.1 Å². The Hall–Kier alpha value is -0.710. The first kappa shape index (κ1) is 16.3. The standard InChI is InChI=1S/C14H20ClF2NO/c1-3-5-18-14(9-19-6-4-2)10-7-13(17)11(15)8-12(10)16/h7-8,14,18H,3-6,9H2,1-2H3. The molecule has 1 unspecified atom stereocenters. The quantitative estimate of drug-likeness (QED) is 0.575. The van der Waals surface area contributed by atoms with E-state index in [9.17, 15) is 8.78 Å². The van der Waals surface area contributed by atoms with Gasteiger partial charge in [-0.3, -0.25) is 0 Å². The molecule has 0 aliphatic heterocycles. The number of hydrogen-bond acceptors (Lipinski definition) is 2. The molecule has 0 amide bonds. The molecule has 0 radical (unpaired) electrons. The van der Waals surface area contributed by atoms with Crippen molar-refractivity contribution in [1.29, 1.82) is 0 Å². The fraction of sp³-hybridized carbons (Fsp3) is 0.571. The Morgan fingerprint density at radius 3 is 2.58 bits per heavy atom.